The van der Waals surface area contributed by atoms with Gasteiger partial charge in [0, 0.05) is 22.5 Å². The third-order valence-corrected chi connectivity index (χ3v) is 9.65. The van der Waals surface area contributed by atoms with Crippen molar-refractivity contribution < 1.29 is 17.9 Å². The molecule has 0 amide bonds. The number of anilines is 2. The van der Waals surface area contributed by atoms with Gasteiger partial charge < -0.3 is 20.9 Å². The van der Waals surface area contributed by atoms with Gasteiger partial charge in [-0.1, -0.05) is 84.9 Å². The highest BCUT2D eigenvalue weighted by Crippen LogP contribution is 2.35. The summed E-state index contributed by atoms with van der Waals surface area (Å²) in [7, 11) is -0.579. The number of sulfone groups is 1. The van der Waals surface area contributed by atoms with Crippen LogP contribution in [0.3, 0.4) is 0 Å². The molecule has 0 aliphatic heterocycles. The van der Waals surface area contributed by atoms with Gasteiger partial charge in [0.05, 0.1) is 24.0 Å². The van der Waals surface area contributed by atoms with Crippen LogP contribution in [-0.4, -0.2) is 22.6 Å². The zero-order chi connectivity index (χ0) is 31.6. The van der Waals surface area contributed by atoms with Crippen molar-refractivity contribution in [3.8, 4) is 56.0 Å². The van der Waals surface area contributed by atoms with E-state index in [0.29, 0.717) is 11.4 Å². The fourth-order valence-electron chi connectivity index (χ4n) is 5.33. The Morgan fingerprint density at radius 3 is 1.00 bits per heavy atom. The van der Waals surface area contributed by atoms with Crippen LogP contribution in [0.2, 0.25) is 0 Å². The molecular weight excluding hydrogens is 580 g/mol. The van der Waals surface area contributed by atoms with Crippen molar-refractivity contribution in [2.45, 2.75) is 9.79 Å². The molecule has 0 aromatic heterocycles. The third-order valence-electron chi connectivity index (χ3n) is 7.91. The summed E-state index contributed by atoms with van der Waals surface area (Å²) in [6.07, 6.45) is 0. The van der Waals surface area contributed by atoms with E-state index in [1.807, 2.05) is 97.1 Å². The maximum Gasteiger partial charge on any atom is 0.206 e. The van der Waals surface area contributed by atoms with Crippen LogP contribution in [0.15, 0.2) is 143 Å². The summed E-state index contributed by atoms with van der Waals surface area (Å²) in [6.45, 7) is 0. The molecule has 0 aliphatic rings. The Kier molecular flexibility index (Phi) is 8.02. The van der Waals surface area contributed by atoms with E-state index in [-0.39, 0.29) is 9.79 Å². The number of rotatable bonds is 8. The lowest BCUT2D eigenvalue weighted by molar-refractivity contribution is 0.415. The van der Waals surface area contributed by atoms with Gasteiger partial charge in [-0.05, 0) is 81.9 Å². The molecule has 0 unspecified atom stereocenters. The first-order valence-corrected chi connectivity index (χ1v) is 15.8. The standard InChI is InChI=1S/C38H32N2O4S/c1-43-31-15-11-27(12-16-31)25-3-7-29(8-4-25)35-21-19-33(23-37(35)39)45(41,42)34-20-22-36(38(40)24-34)30-9-5-26(6-10-30)28-13-17-32(44-2)18-14-28/h3-24H,39-40H2,1-2H3. The Morgan fingerprint density at radius 1 is 0.422 bits per heavy atom. The molecule has 6 rings (SSSR count). The van der Waals surface area contributed by atoms with Gasteiger partial charge in [-0.3, -0.25) is 0 Å². The summed E-state index contributed by atoms with van der Waals surface area (Å²) in [6, 6.07) is 41.3. The van der Waals surface area contributed by atoms with Crippen molar-refractivity contribution in [2.24, 2.45) is 0 Å². The molecule has 0 saturated heterocycles. The molecule has 0 atom stereocenters. The van der Waals surface area contributed by atoms with Crippen molar-refractivity contribution in [3.05, 3.63) is 133 Å². The maximum absolute atomic E-state index is 13.6. The second-order valence-corrected chi connectivity index (χ2v) is 12.6. The van der Waals surface area contributed by atoms with E-state index >= 15 is 0 Å². The fraction of sp³-hybridized carbons (Fsp3) is 0.0526. The van der Waals surface area contributed by atoms with Gasteiger partial charge in [0.2, 0.25) is 9.84 Å². The van der Waals surface area contributed by atoms with Gasteiger partial charge in [0.25, 0.3) is 0 Å². The van der Waals surface area contributed by atoms with Gasteiger partial charge in [-0.15, -0.1) is 0 Å². The Hall–Kier alpha value is -5.53. The largest absolute Gasteiger partial charge is 0.497 e. The molecule has 224 valence electrons. The lowest BCUT2D eigenvalue weighted by Gasteiger charge is -2.13. The first-order chi connectivity index (χ1) is 21.8. The van der Waals surface area contributed by atoms with Crippen molar-refractivity contribution in [1.82, 2.24) is 0 Å². The van der Waals surface area contributed by atoms with Crippen molar-refractivity contribution in [2.75, 3.05) is 25.7 Å². The average molecular weight is 613 g/mol. The molecule has 0 radical (unpaired) electrons. The van der Waals surface area contributed by atoms with Gasteiger partial charge in [0.15, 0.2) is 0 Å². The van der Waals surface area contributed by atoms with Gasteiger partial charge in [0.1, 0.15) is 11.5 Å². The Bertz CT molecular complexity index is 1930. The summed E-state index contributed by atoms with van der Waals surface area (Å²) >= 11 is 0. The van der Waals surface area contributed by atoms with E-state index in [4.69, 9.17) is 20.9 Å². The summed E-state index contributed by atoms with van der Waals surface area (Å²) in [5, 5.41) is 0. The predicted molar refractivity (Wildman–Crippen MR) is 182 cm³/mol. The molecule has 6 aromatic rings. The second-order valence-electron chi connectivity index (χ2n) is 10.6. The molecule has 45 heavy (non-hydrogen) atoms. The number of nitrogen functional groups attached to an aromatic ring is 2. The SMILES string of the molecule is COc1ccc(-c2ccc(-c3ccc(S(=O)(=O)c4ccc(-c5ccc(-c6ccc(OC)cc6)cc5)c(N)c4)cc3N)cc2)cc1. The number of hydrogen-bond donors (Lipinski definition) is 2. The van der Waals surface area contributed by atoms with Crippen molar-refractivity contribution in [1.29, 1.82) is 0 Å². The van der Waals surface area contributed by atoms with Crippen molar-refractivity contribution in [3.63, 3.8) is 0 Å². The van der Waals surface area contributed by atoms with Crippen LogP contribution in [0.5, 0.6) is 11.5 Å². The molecular formula is C38H32N2O4S. The van der Waals surface area contributed by atoms with Gasteiger partial charge in [-0.25, -0.2) is 8.42 Å². The highest BCUT2D eigenvalue weighted by molar-refractivity contribution is 7.91. The normalized spacial score (nSPS) is 11.2. The minimum absolute atomic E-state index is 0.106. The highest BCUT2D eigenvalue weighted by atomic mass is 32.2. The molecule has 0 fully saturated rings. The van der Waals surface area contributed by atoms with E-state index in [1.165, 1.54) is 12.1 Å². The van der Waals surface area contributed by atoms with Gasteiger partial charge >= 0.3 is 0 Å². The van der Waals surface area contributed by atoms with Crippen LogP contribution in [0, 0.1) is 0 Å². The Balaban J connectivity index is 1.21. The molecule has 6 aromatic carbocycles. The molecule has 0 spiro atoms. The Labute approximate surface area is 263 Å². The second kappa shape index (κ2) is 12.2. The molecule has 6 nitrogen and oxygen atoms in total. The highest BCUT2D eigenvalue weighted by Gasteiger charge is 2.20. The van der Waals surface area contributed by atoms with E-state index in [9.17, 15) is 8.42 Å². The summed E-state index contributed by atoms with van der Waals surface area (Å²) in [5.41, 5.74) is 21.0. The van der Waals surface area contributed by atoms with Crippen molar-refractivity contribution >= 4 is 21.2 Å². The zero-order valence-electron chi connectivity index (χ0n) is 24.9. The molecule has 7 heteroatoms. The zero-order valence-corrected chi connectivity index (χ0v) is 25.7. The third kappa shape index (κ3) is 5.98. The van der Waals surface area contributed by atoms with E-state index in [1.54, 1.807) is 38.5 Å². The van der Waals surface area contributed by atoms with E-state index < -0.39 is 9.84 Å². The summed E-state index contributed by atoms with van der Waals surface area (Å²) in [5.74, 6) is 1.60. The molecule has 0 bridgehead atoms. The first kappa shape index (κ1) is 29.5. The van der Waals surface area contributed by atoms with Crippen LogP contribution in [-0.2, 0) is 9.84 Å². The number of benzene rings is 6. The van der Waals surface area contributed by atoms with E-state index in [0.717, 1.165) is 56.0 Å². The van der Waals surface area contributed by atoms with Crippen LogP contribution < -0.4 is 20.9 Å². The topological polar surface area (TPSA) is 105 Å². The molecule has 4 N–H and O–H groups in total. The average Bonchev–Trinajstić information content (AvgIpc) is 3.08. The van der Waals surface area contributed by atoms with Crippen LogP contribution in [0.1, 0.15) is 0 Å². The lowest BCUT2D eigenvalue weighted by atomic mass is 9.99. The quantitative estimate of drug-likeness (QED) is 0.167. The van der Waals surface area contributed by atoms with Crippen LogP contribution >= 0.6 is 0 Å². The summed E-state index contributed by atoms with van der Waals surface area (Å²) in [4.78, 5) is 0.212. The minimum Gasteiger partial charge on any atom is -0.497 e. The maximum atomic E-state index is 13.6. The van der Waals surface area contributed by atoms with Crippen LogP contribution in [0.4, 0.5) is 11.4 Å². The smallest absolute Gasteiger partial charge is 0.206 e. The predicted octanol–water partition coefficient (Wildman–Crippen LogP) is 8.37. The number of nitrogens with two attached hydrogens (primary N) is 2. The molecule has 0 aliphatic carbocycles. The number of methoxy groups -OCH3 is 2. The number of hydrogen-bond acceptors (Lipinski definition) is 6. The first-order valence-electron chi connectivity index (χ1n) is 14.3. The fourth-order valence-corrected chi connectivity index (χ4v) is 6.66. The van der Waals surface area contributed by atoms with Gasteiger partial charge in [-0.2, -0.15) is 0 Å². The Morgan fingerprint density at radius 2 is 0.711 bits per heavy atom. The van der Waals surface area contributed by atoms with Crippen LogP contribution in [0.25, 0.3) is 44.5 Å². The molecule has 0 heterocycles. The number of ether oxygens (including phenoxy) is 2. The van der Waals surface area contributed by atoms with E-state index in [2.05, 4.69) is 0 Å². The molecule has 0 saturated carbocycles. The lowest BCUT2D eigenvalue weighted by Crippen LogP contribution is -2.05. The minimum atomic E-state index is -3.86. The monoisotopic (exact) mass is 612 g/mol. The summed E-state index contributed by atoms with van der Waals surface area (Å²) < 4.78 is 37.7.